The average molecular weight is 311 g/mol. The van der Waals surface area contributed by atoms with Crippen LogP contribution >= 0.6 is 15.9 Å². The average Bonchev–Trinajstić information content (AvgIpc) is 2.87. The Morgan fingerprint density at radius 3 is 2.83 bits per heavy atom. The molecular formula is C12H11BrN2O3. The van der Waals surface area contributed by atoms with Crippen molar-refractivity contribution in [3.05, 3.63) is 34.7 Å². The molecule has 1 aromatic heterocycles. The number of hydrogen-bond acceptors (Lipinski definition) is 4. The summed E-state index contributed by atoms with van der Waals surface area (Å²) in [5, 5.41) is 0. The van der Waals surface area contributed by atoms with Crippen molar-refractivity contribution in [2.24, 2.45) is 0 Å². The van der Waals surface area contributed by atoms with Gasteiger partial charge in [0, 0.05) is 10.0 Å². The molecule has 0 aliphatic carbocycles. The smallest absolute Gasteiger partial charge is 0.374 e. The molecule has 5 nitrogen and oxygen atoms in total. The van der Waals surface area contributed by atoms with Crippen LogP contribution in [0.3, 0.4) is 0 Å². The number of aromatic amines is 1. The largest absolute Gasteiger partial charge is 0.496 e. The molecule has 0 aliphatic rings. The molecule has 0 saturated carbocycles. The monoisotopic (exact) mass is 310 g/mol. The van der Waals surface area contributed by atoms with Crippen LogP contribution in [-0.4, -0.2) is 30.2 Å². The number of halogens is 1. The molecule has 0 radical (unpaired) electrons. The molecule has 0 spiro atoms. The van der Waals surface area contributed by atoms with Crippen molar-refractivity contribution in [3.63, 3.8) is 0 Å². The third kappa shape index (κ3) is 2.38. The number of carbonyl (C=O) groups is 1. The first-order chi connectivity index (χ1) is 8.65. The number of benzene rings is 1. The van der Waals surface area contributed by atoms with Crippen LogP contribution in [0.2, 0.25) is 0 Å². The lowest BCUT2D eigenvalue weighted by Gasteiger charge is -2.06. The van der Waals surface area contributed by atoms with Crippen LogP contribution < -0.4 is 4.74 Å². The minimum atomic E-state index is -0.504. The Morgan fingerprint density at radius 2 is 2.17 bits per heavy atom. The molecule has 0 aliphatic heterocycles. The van der Waals surface area contributed by atoms with Crippen LogP contribution in [0.4, 0.5) is 0 Å². The van der Waals surface area contributed by atoms with Gasteiger partial charge < -0.3 is 14.5 Å². The third-order valence-electron chi connectivity index (χ3n) is 2.41. The number of ether oxygens (including phenoxy) is 2. The topological polar surface area (TPSA) is 64.2 Å². The van der Waals surface area contributed by atoms with Crippen molar-refractivity contribution in [1.82, 2.24) is 9.97 Å². The van der Waals surface area contributed by atoms with E-state index in [4.69, 9.17) is 4.74 Å². The number of esters is 1. The highest BCUT2D eigenvalue weighted by atomic mass is 79.9. The predicted molar refractivity (Wildman–Crippen MR) is 69.6 cm³/mol. The minimum absolute atomic E-state index is 0.162. The van der Waals surface area contributed by atoms with Crippen LogP contribution in [0.5, 0.6) is 5.75 Å². The summed E-state index contributed by atoms with van der Waals surface area (Å²) in [6, 6.07) is 5.59. The molecule has 0 amide bonds. The van der Waals surface area contributed by atoms with Gasteiger partial charge in [-0.05, 0) is 18.2 Å². The predicted octanol–water partition coefficient (Wildman–Crippen LogP) is 2.63. The van der Waals surface area contributed by atoms with E-state index in [9.17, 15) is 4.79 Å². The van der Waals surface area contributed by atoms with Gasteiger partial charge in [0.1, 0.15) is 5.75 Å². The van der Waals surface area contributed by atoms with E-state index in [1.165, 1.54) is 7.11 Å². The maximum absolute atomic E-state index is 11.3. The van der Waals surface area contributed by atoms with Crippen molar-refractivity contribution < 1.29 is 14.3 Å². The number of imidazole rings is 1. The van der Waals surface area contributed by atoms with Gasteiger partial charge in [0.25, 0.3) is 0 Å². The van der Waals surface area contributed by atoms with E-state index in [1.807, 2.05) is 18.2 Å². The van der Waals surface area contributed by atoms with Crippen LogP contribution in [0, 0.1) is 0 Å². The molecule has 0 fully saturated rings. The van der Waals surface area contributed by atoms with Crippen molar-refractivity contribution in [2.45, 2.75) is 0 Å². The zero-order valence-corrected chi connectivity index (χ0v) is 11.4. The molecule has 18 heavy (non-hydrogen) atoms. The Labute approximate surface area is 112 Å². The van der Waals surface area contributed by atoms with Gasteiger partial charge in [-0.1, -0.05) is 15.9 Å². The summed E-state index contributed by atoms with van der Waals surface area (Å²) in [5.74, 6) is 0.350. The molecular weight excluding hydrogens is 300 g/mol. The number of H-pyrrole nitrogens is 1. The number of methoxy groups -OCH3 is 2. The lowest BCUT2D eigenvalue weighted by Crippen LogP contribution is -2.03. The summed E-state index contributed by atoms with van der Waals surface area (Å²) in [4.78, 5) is 18.2. The Kier molecular flexibility index (Phi) is 3.66. The van der Waals surface area contributed by atoms with Crippen molar-refractivity contribution >= 4 is 21.9 Å². The maximum Gasteiger partial charge on any atom is 0.374 e. The van der Waals surface area contributed by atoms with E-state index in [-0.39, 0.29) is 5.82 Å². The lowest BCUT2D eigenvalue weighted by molar-refractivity contribution is 0.0588. The highest BCUT2D eigenvalue weighted by Gasteiger charge is 2.13. The summed E-state index contributed by atoms with van der Waals surface area (Å²) in [7, 11) is 2.90. The second kappa shape index (κ2) is 5.22. The number of rotatable bonds is 3. The summed E-state index contributed by atoms with van der Waals surface area (Å²) in [5.41, 5.74) is 1.50. The number of aromatic nitrogens is 2. The highest BCUT2D eigenvalue weighted by Crippen LogP contribution is 2.31. The summed E-state index contributed by atoms with van der Waals surface area (Å²) < 4.78 is 10.8. The molecule has 1 aromatic carbocycles. The fourth-order valence-corrected chi connectivity index (χ4v) is 1.91. The van der Waals surface area contributed by atoms with Crippen LogP contribution in [0.15, 0.2) is 28.9 Å². The van der Waals surface area contributed by atoms with Gasteiger partial charge in [0.2, 0.25) is 5.82 Å². The number of nitrogens with one attached hydrogen (secondary N) is 1. The Balaban J connectivity index is 2.45. The molecule has 1 heterocycles. The van der Waals surface area contributed by atoms with E-state index < -0.39 is 5.97 Å². The SMILES string of the molecule is COC(=O)c1ncc(-c2cc(Br)ccc2OC)[nH]1. The number of carbonyl (C=O) groups excluding carboxylic acids is 1. The summed E-state index contributed by atoms with van der Waals surface area (Å²) in [6.45, 7) is 0. The Morgan fingerprint density at radius 1 is 1.39 bits per heavy atom. The summed E-state index contributed by atoms with van der Waals surface area (Å²) in [6.07, 6.45) is 1.57. The second-order valence-corrected chi connectivity index (χ2v) is 4.40. The van der Waals surface area contributed by atoms with E-state index >= 15 is 0 Å². The van der Waals surface area contributed by atoms with Gasteiger partial charge in [-0.25, -0.2) is 9.78 Å². The zero-order chi connectivity index (χ0) is 13.1. The van der Waals surface area contributed by atoms with Crippen molar-refractivity contribution in [3.8, 4) is 17.0 Å². The van der Waals surface area contributed by atoms with Gasteiger partial charge in [-0.2, -0.15) is 0 Å². The van der Waals surface area contributed by atoms with E-state index in [1.54, 1.807) is 13.3 Å². The lowest BCUT2D eigenvalue weighted by atomic mass is 10.1. The van der Waals surface area contributed by atoms with Gasteiger partial charge >= 0.3 is 5.97 Å². The molecule has 6 heteroatoms. The van der Waals surface area contributed by atoms with Crippen molar-refractivity contribution in [2.75, 3.05) is 14.2 Å². The molecule has 2 rings (SSSR count). The molecule has 94 valence electrons. The van der Waals surface area contributed by atoms with Crippen molar-refractivity contribution in [1.29, 1.82) is 0 Å². The molecule has 0 saturated heterocycles. The van der Waals surface area contributed by atoms with Gasteiger partial charge in [0.15, 0.2) is 0 Å². The zero-order valence-electron chi connectivity index (χ0n) is 9.86. The first-order valence-electron chi connectivity index (χ1n) is 5.13. The Bertz CT molecular complexity index is 580. The molecule has 0 atom stereocenters. The van der Waals surface area contributed by atoms with Crippen LogP contribution in [0.25, 0.3) is 11.3 Å². The fourth-order valence-electron chi connectivity index (χ4n) is 1.55. The van der Waals surface area contributed by atoms with Gasteiger partial charge in [-0.15, -0.1) is 0 Å². The normalized spacial score (nSPS) is 10.2. The second-order valence-electron chi connectivity index (χ2n) is 3.48. The maximum atomic E-state index is 11.3. The fraction of sp³-hybridized carbons (Fsp3) is 0.167. The highest BCUT2D eigenvalue weighted by molar-refractivity contribution is 9.10. The van der Waals surface area contributed by atoms with Gasteiger partial charge in [-0.3, -0.25) is 0 Å². The summed E-state index contributed by atoms with van der Waals surface area (Å²) >= 11 is 3.39. The van der Waals surface area contributed by atoms with Gasteiger partial charge in [0.05, 0.1) is 26.1 Å². The van der Waals surface area contributed by atoms with E-state index in [0.717, 1.165) is 10.0 Å². The molecule has 2 aromatic rings. The first-order valence-corrected chi connectivity index (χ1v) is 5.92. The van der Waals surface area contributed by atoms with E-state index in [2.05, 4.69) is 30.6 Å². The quantitative estimate of drug-likeness (QED) is 0.885. The standard InChI is InChI=1S/C12H11BrN2O3/c1-17-10-4-3-7(13)5-8(10)9-6-14-11(15-9)12(16)18-2/h3-6H,1-2H3,(H,14,15). The third-order valence-corrected chi connectivity index (χ3v) is 2.90. The van der Waals surface area contributed by atoms with Crippen LogP contribution in [-0.2, 0) is 4.74 Å². The minimum Gasteiger partial charge on any atom is -0.496 e. The van der Waals surface area contributed by atoms with Crippen LogP contribution in [0.1, 0.15) is 10.6 Å². The molecule has 1 N–H and O–H groups in total. The number of hydrogen-bond donors (Lipinski definition) is 1. The first kappa shape index (κ1) is 12.6. The van der Waals surface area contributed by atoms with E-state index in [0.29, 0.717) is 11.4 Å². The molecule has 0 unspecified atom stereocenters. The molecule has 0 bridgehead atoms. The number of nitrogens with zero attached hydrogens (tertiary/aromatic N) is 1. The Hall–Kier alpha value is -1.82.